The van der Waals surface area contributed by atoms with Crippen LogP contribution in [-0.4, -0.2) is 25.8 Å². The Balaban J connectivity index is 2.11. The number of unbranched alkanes of at least 4 members (excludes halogenated alkanes) is 1. The molecule has 0 atom stereocenters. The summed E-state index contributed by atoms with van der Waals surface area (Å²) in [5, 5.41) is 0. The first-order valence-electron chi connectivity index (χ1n) is 4.27. The second kappa shape index (κ2) is 4.93. The molecule has 1 saturated heterocycles. The van der Waals surface area contributed by atoms with Gasteiger partial charge < -0.3 is 9.47 Å². The van der Waals surface area contributed by atoms with Gasteiger partial charge in [0.25, 0.3) is 0 Å². The third-order valence-electron chi connectivity index (χ3n) is 1.64. The summed E-state index contributed by atoms with van der Waals surface area (Å²) in [6.07, 6.45) is 3.51. The quantitative estimate of drug-likeness (QED) is 0.362. The summed E-state index contributed by atoms with van der Waals surface area (Å²) in [4.78, 5) is 11.0. The monoisotopic (exact) mass is 170 g/mol. The molecule has 0 N–H and O–H groups in total. The van der Waals surface area contributed by atoms with Gasteiger partial charge in [0.15, 0.2) is 0 Å². The van der Waals surface area contributed by atoms with E-state index in [2.05, 4.69) is 6.92 Å². The van der Waals surface area contributed by atoms with Crippen molar-refractivity contribution in [3.63, 3.8) is 0 Å². The van der Waals surface area contributed by atoms with Crippen molar-refractivity contribution < 1.29 is 14.3 Å². The van der Waals surface area contributed by atoms with Gasteiger partial charge >= 0.3 is 5.97 Å². The van der Waals surface area contributed by atoms with Gasteiger partial charge in [-0.3, -0.25) is 0 Å². The predicted octanol–water partition coefficient (Wildman–Crippen LogP) is 1.29. The Kier molecular flexibility index (Phi) is 3.80. The second-order valence-electron chi connectivity index (χ2n) is 2.82. The highest BCUT2D eigenvalue weighted by molar-refractivity contribution is 5.83. The molecule has 0 amide bonds. The number of carbonyl (C=O) groups excluding carboxylic acids is 1. The number of hydrogen-bond acceptors (Lipinski definition) is 3. The van der Waals surface area contributed by atoms with E-state index in [0.29, 0.717) is 19.8 Å². The van der Waals surface area contributed by atoms with Crippen LogP contribution in [0.15, 0.2) is 11.6 Å². The van der Waals surface area contributed by atoms with Gasteiger partial charge in [0.05, 0.1) is 19.8 Å². The topological polar surface area (TPSA) is 35.5 Å². The van der Waals surface area contributed by atoms with Gasteiger partial charge in [0.1, 0.15) is 0 Å². The van der Waals surface area contributed by atoms with Gasteiger partial charge in [-0.1, -0.05) is 13.3 Å². The Morgan fingerprint density at radius 3 is 2.92 bits per heavy atom. The number of esters is 1. The lowest BCUT2D eigenvalue weighted by Crippen LogP contribution is -2.18. The Hall–Kier alpha value is -0.830. The molecule has 68 valence electrons. The molecule has 12 heavy (non-hydrogen) atoms. The van der Waals surface area contributed by atoms with Gasteiger partial charge in [-0.05, 0) is 12.0 Å². The Bertz CT molecular complexity index is 178. The molecule has 0 unspecified atom stereocenters. The number of ether oxygens (including phenoxy) is 2. The third-order valence-corrected chi connectivity index (χ3v) is 1.64. The minimum Gasteiger partial charge on any atom is -0.463 e. The number of hydrogen-bond donors (Lipinski definition) is 0. The van der Waals surface area contributed by atoms with Crippen LogP contribution in [0.1, 0.15) is 19.8 Å². The predicted molar refractivity (Wildman–Crippen MR) is 44.8 cm³/mol. The summed E-state index contributed by atoms with van der Waals surface area (Å²) >= 11 is 0. The van der Waals surface area contributed by atoms with Crippen molar-refractivity contribution in [3.05, 3.63) is 11.6 Å². The zero-order valence-electron chi connectivity index (χ0n) is 7.34. The zero-order valence-corrected chi connectivity index (χ0v) is 7.34. The molecule has 1 aliphatic rings. The van der Waals surface area contributed by atoms with Crippen LogP contribution in [0, 0.1) is 0 Å². The van der Waals surface area contributed by atoms with E-state index in [1.807, 2.05) is 0 Å². The van der Waals surface area contributed by atoms with E-state index in [9.17, 15) is 4.79 Å². The van der Waals surface area contributed by atoms with Gasteiger partial charge in [0.2, 0.25) is 0 Å². The molecule has 3 heteroatoms. The van der Waals surface area contributed by atoms with Crippen molar-refractivity contribution in [3.8, 4) is 0 Å². The zero-order chi connectivity index (χ0) is 8.81. The van der Waals surface area contributed by atoms with Crippen LogP contribution < -0.4 is 0 Å². The molecule has 0 aromatic heterocycles. The lowest BCUT2D eigenvalue weighted by molar-refractivity contribution is -0.138. The van der Waals surface area contributed by atoms with Crippen molar-refractivity contribution in [2.75, 3.05) is 19.8 Å². The molecule has 0 aromatic rings. The van der Waals surface area contributed by atoms with Gasteiger partial charge in [0, 0.05) is 6.08 Å². The maximum atomic E-state index is 11.0. The molecule has 1 rings (SSSR count). The first kappa shape index (κ1) is 9.26. The fraction of sp³-hybridized carbons (Fsp3) is 0.667. The fourth-order valence-corrected chi connectivity index (χ4v) is 0.829. The van der Waals surface area contributed by atoms with Crippen LogP contribution in [0.3, 0.4) is 0 Å². The fourth-order valence-electron chi connectivity index (χ4n) is 0.829. The first-order valence-corrected chi connectivity index (χ1v) is 4.27. The van der Waals surface area contributed by atoms with Crippen LogP contribution >= 0.6 is 0 Å². The Labute approximate surface area is 72.4 Å². The first-order chi connectivity index (χ1) is 5.83. The highest BCUT2D eigenvalue weighted by Gasteiger charge is 2.10. The van der Waals surface area contributed by atoms with Gasteiger partial charge in [-0.25, -0.2) is 4.79 Å². The van der Waals surface area contributed by atoms with Crippen LogP contribution in [-0.2, 0) is 14.3 Å². The molecule has 1 heterocycles. The normalized spacial score (nSPS) is 15.2. The smallest absolute Gasteiger partial charge is 0.330 e. The van der Waals surface area contributed by atoms with Crippen LogP contribution in [0.5, 0.6) is 0 Å². The SMILES string of the molecule is CCCCOC(=O)C=C1COC1. The standard InChI is InChI=1S/C9H14O3/c1-2-3-4-12-9(10)5-8-6-11-7-8/h5H,2-4,6-7H2,1H3. The average molecular weight is 170 g/mol. The van der Waals surface area contributed by atoms with Crippen molar-refractivity contribution >= 4 is 5.97 Å². The minimum atomic E-state index is -0.234. The molecule has 1 fully saturated rings. The molecule has 0 saturated carbocycles. The van der Waals surface area contributed by atoms with Crippen molar-refractivity contribution in [1.82, 2.24) is 0 Å². The van der Waals surface area contributed by atoms with Crippen molar-refractivity contribution in [2.45, 2.75) is 19.8 Å². The summed E-state index contributed by atoms with van der Waals surface area (Å²) in [5.41, 5.74) is 1.02. The molecule has 0 spiro atoms. The summed E-state index contributed by atoms with van der Waals surface area (Å²) < 4.78 is 9.80. The molecule has 0 aromatic carbocycles. The van der Waals surface area contributed by atoms with E-state index in [1.165, 1.54) is 6.08 Å². The summed E-state index contributed by atoms with van der Waals surface area (Å²) in [5.74, 6) is -0.234. The molecule has 0 bridgehead atoms. The molecular formula is C9H14O3. The highest BCUT2D eigenvalue weighted by atomic mass is 16.5. The van der Waals surface area contributed by atoms with Crippen molar-refractivity contribution in [1.29, 1.82) is 0 Å². The molecule has 1 aliphatic heterocycles. The van der Waals surface area contributed by atoms with E-state index in [-0.39, 0.29) is 5.97 Å². The van der Waals surface area contributed by atoms with E-state index in [1.54, 1.807) is 0 Å². The maximum Gasteiger partial charge on any atom is 0.330 e. The average Bonchev–Trinajstić information content (AvgIpc) is 1.98. The Morgan fingerprint density at radius 2 is 2.42 bits per heavy atom. The van der Waals surface area contributed by atoms with Crippen LogP contribution in [0.4, 0.5) is 0 Å². The summed E-state index contributed by atoms with van der Waals surface area (Å²) in [7, 11) is 0. The molecule has 0 radical (unpaired) electrons. The Morgan fingerprint density at radius 1 is 1.67 bits per heavy atom. The summed E-state index contributed by atoms with van der Waals surface area (Å²) in [6, 6.07) is 0. The maximum absolute atomic E-state index is 11.0. The second-order valence-corrected chi connectivity index (χ2v) is 2.82. The van der Waals surface area contributed by atoms with E-state index < -0.39 is 0 Å². The van der Waals surface area contributed by atoms with Gasteiger partial charge in [-0.15, -0.1) is 0 Å². The highest BCUT2D eigenvalue weighted by Crippen LogP contribution is 2.07. The van der Waals surface area contributed by atoms with E-state index >= 15 is 0 Å². The number of rotatable bonds is 4. The van der Waals surface area contributed by atoms with Gasteiger partial charge in [-0.2, -0.15) is 0 Å². The molecular weight excluding hydrogens is 156 g/mol. The summed E-state index contributed by atoms with van der Waals surface area (Å²) in [6.45, 7) is 3.76. The van der Waals surface area contributed by atoms with E-state index in [0.717, 1.165) is 18.4 Å². The van der Waals surface area contributed by atoms with Crippen molar-refractivity contribution in [2.24, 2.45) is 0 Å². The third kappa shape index (κ3) is 3.05. The lowest BCUT2D eigenvalue weighted by atomic mass is 10.2. The number of carbonyl (C=O) groups is 1. The van der Waals surface area contributed by atoms with E-state index in [4.69, 9.17) is 9.47 Å². The van der Waals surface area contributed by atoms with Crippen LogP contribution in [0.2, 0.25) is 0 Å². The minimum absolute atomic E-state index is 0.234. The largest absolute Gasteiger partial charge is 0.463 e. The molecule has 3 nitrogen and oxygen atoms in total. The lowest BCUT2D eigenvalue weighted by Gasteiger charge is -2.16. The molecule has 0 aliphatic carbocycles. The van der Waals surface area contributed by atoms with Crippen LogP contribution in [0.25, 0.3) is 0 Å².